The van der Waals surface area contributed by atoms with Crippen molar-refractivity contribution in [2.75, 3.05) is 6.54 Å². The van der Waals surface area contributed by atoms with Crippen LogP contribution < -0.4 is 5.73 Å². The number of aromatic nitrogens is 3. The first kappa shape index (κ1) is 7.61. The van der Waals surface area contributed by atoms with Gasteiger partial charge in [-0.2, -0.15) is 5.10 Å². The fraction of sp³-hybridized carbons (Fsp3) is 0.625. The maximum atomic E-state index is 5.39. The second-order valence-electron chi connectivity index (χ2n) is 3.11. The smallest absolute Gasteiger partial charge is 0.152 e. The molecule has 0 bridgehead atoms. The summed E-state index contributed by atoms with van der Waals surface area (Å²) in [7, 11) is 0. The summed E-state index contributed by atoms with van der Waals surface area (Å²) in [5.74, 6) is 1.43. The van der Waals surface area contributed by atoms with Gasteiger partial charge in [-0.25, -0.2) is 4.98 Å². The number of hydrogen-bond donors (Lipinski definition) is 1. The van der Waals surface area contributed by atoms with Crippen molar-refractivity contribution < 1.29 is 0 Å². The SMILES string of the molecule is NCCc1nncc(C2CC2)n1. The average molecular weight is 164 g/mol. The summed E-state index contributed by atoms with van der Waals surface area (Å²) in [6.45, 7) is 0.593. The van der Waals surface area contributed by atoms with Crippen molar-refractivity contribution in [3.63, 3.8) is 0 Å². The first-order valence-corrected chi connectivity index (χ1v) is 4.28. The average Bonchev–Trinajstić information content (AvgIpc) is 2.88. The molecule has 0 aromatic carbocycles. The highest BCUT2D eigenvalue weighted by Crippen LogP contribution is 2.38. The quantitative estimate of drug-likeness (QED) is 0.695. The Labute approximate surface area is 71.2 Å². The summed E-state index contributed by atoms with van der Waals surface area (Å²) in [6.07, 6.45) is 4.99. The maximum absolute atomic E-state index is 5.39. The Morgan fingerprint density at radius 2 is 2.33 bits per heavy atom. The molecule has 0 unspecified atom stereocenters. The summed E-state index contributed by atoms with van der Waals surface area (Å²) in [5.41, 5.74) is 6.49. The number of nitrogens with two attached hydrogens (primary N) is 1. The van der Waals surface area contributed by atoms with E-state index in [1.165, 1.54) is 12.8 Å². The second kappa shape index (κ2) is 3.15. The molecule has 0 aliphatic heterocycles. The number of rotatable bonds is 3. The summed E-state index contributed by atoms with van der Waals surface area (Å²) in [4.78, 5) is 4.37. The molecule has 4 nitrogen and oxygen atoms in total. The van der Waals surface area contributed by atoms with Crippen LogP contribution in [0.2, 0.25) is 0 Å². The van der Waals surface area contributed by atoms with Gasteiger partial charge in [0.15, 0.2) is 5.82 Å². The van der Waals surface area contributed by atoms with Crippen LogP contribution in [0.5, 0.6) is 0 Å². The molecule has 64 valence electrons. The molecular formula is C8H12N4. The maximum Gasteiger partial charge on any atom is 0.152 e. The van der Waals surface area contributed by atoms with E-state index in [0.717, 1.165) is 17.9 Å². The first-order valence-electron chi connectivity index (χ1n) is 4.28. The Hall–Kier alpha value is -1.03. The van der Waals surface area contributed by atoms with Gasteiger partial charge < -0.3 is 5.73 Å². The predicted octanol–water partition coefficient (Wildman–Crippen LogP) is 0.250. The Morgan fingerprint density at radius 3 is 3.00 bits per heavy atom. The van der Waals surface area contributed by atoms with Crippen LogP contribution in [0.1, 0.15) is 30.3 Å². The topological polar surface area (TPSA) is 64.7 Å². The Balaban J connectivity index is 2.15. The Kier molecular flexibility index (Phi) is 1.99. The zero-order chi connectivity index (χ0) is 8.39. The van der Waals surface area contributed by atoms with Gasteiger partial charge in [-0.1, -0.05) is 0 Å². The lowest BCUT2D eigenvalue weighted by Crippen LogP contribution is -2.08. The minimum atomic E-state index is 0.593. The van der Waals surface area contributed by atoms with Crippen molar-refractivity contribution in [2.45, 2.75) is 25.2 Å². The number of hydrogen-bond acceptors (Lipinski definition) is 4. The van der Waals surface area contributed by atoms with E-state index in [1.54, 1.807) is 6.20 Å². The molecule has 0 atom stereocenters. The standard InChI is InChI=1S/C8H12N4/c9-4-3-8-11-7(5-10-12-8)6-1-2-6/h5-6H,1-4,9H2. The van der Waals surface area contributed by atoms with E-state index < -0.39 is 0 Å². The van der Waals surface area contributed by atoms with E-state index in [0.29, 0.717) is 12.5 Å². The normalized spacial score (nSPS) is 16.4. The molecule has 2 rings (SSSR count). The van der Waals surface area contributed by atoms with E-state index in [4.69, 9.17) is 5.73 Å². The van der Waals surface area contributed by atoms with Crippen LogP contribution in [0.3, 0.4) is 0 Å². The van der Waals surface area contributed by atoms with Crippen molar-refractivity contribution in [2.24, 2.45) is 5.73 Å². The lowest BCUT2D eigenvalue weighted by Gasteiger charge is -1.98. The molecule has 4 heteroatoms. The van der Waals surface area contributed by atoms with Gasteiger partial charge in [0, 0.05) is 12.3 Å². The lowest BCUT2D eigenvalue weighted by atomic mass is 10.3. The molecule has 1 aromatic rings. The molecule has 2 N–H and O–H groups in total. The molecular weight excluding hydrogens is 152 g/mol. The predicted molar refractivity (Wildman–Crippen MR) is 44.6 cm³/mol. The fourth-order valence-corrected chi connectivity index (χ4v) is 1.17. The van der Waals surface area contributed by atoms with Crippen LogP contribution in [-0.2, 0) is 6.42 Å². The van der Waals surface area contributed by atoms with Gasteiger partial charge in [-0.15, -0.1) is 5.10 Å². The van der Waals surface area contributed by atoms with Crippen LogP contribution in [0.15, 0.2) is 6.20 Å². The molecule has 12 heavy (non-hydrogen) atoms. The van der Waals surface area contributed by atoms with E-state index >= 15 is 0 Å². The molecule has 0 radical (unpaired) electrons. The van der Waals surface area contributed by atoms with E-state index in [2.05, 4.69) is 15.2 Å². The van der Waals surface area contributed by atoms with Crippen LogP contribution in [0.4, 0.5) is 0 Å². The summed E-state index contributed by atoms with van der Waals surface area (Å²) >= 11 is 0. The second-order valence-corrected chi connectivity index (χ2v) is 3.11. The lowest BCUT2D eigenvalue weighted by molar-refractivity contribution is 0.778. The Morgan fingerprint density at radius 1 is 1.50 bits per heavy atom. The van der Waals surface area contributed by atoms with Gasteiger partial charge in [0.2, 0.25) is 0 Å². The highest BCUT2D eigenvalue weighted by atomic mass is 15.1. The first-order chi connectivity index (χ1) is 5.90. The van der Waals surface area contributed by atoms with Crippen molar-refractivity contribution in [3.8, 4) is 0 Å². The number of nitrogens with zero attached hydrogens (tertiary/aromatic N) is 3. The van der Waals surface area contributed by atoms with Gasteiger partial charge in [0.1, 0.15) is 0 Å². The van der Waals surface area contributed by atoms with Gasteiger partial charge in [0.05, 0.1) is 11.9 Å². The van der Waals surface area contributed by atoms with Crippen LogP contribution in [-0.4, -0.2) is 21.7 Å². The molecule has 0 spiro atoms. The molecule has 1 aliphatic rings. The van der Waals surface area contributed by atoms with E-state index in [1.807, 2.05) is 0 Å². The summed E-state index contributed by atoms with van der Waals surface area (Å²) < 4.78 is 0. The minimum Gasteiger partial charge on any atom is -0.330 e. The Bertz CT molecular complexity index is 270. The van der Waals surface area contributed by atoms with Gasteiger partial charge in [-0.3, -0.25) is 0 Å². The van der Waals surface area contributed by atoms with Gasteiger partial charge in [0.25, 0.3) is 0 Å². The fourth-order valence-electron chi connectivity index (χ4n) is 1.17. The highest BCUT2D eigenvalue weighted by Gasteiger charge is 2.25. The monoisotopic (exact) mass is 164 g/mol. The van der Waals surface area contributed by atoms with Crippen LogP contribution in [0, 0.1) is 0 Å². The molecule has 0 amide bonds. The highest BCUT2D eigenvalue weighted by molar-refractivity contribution is 5.10. The van der Waals surface area contributed by atoms with Crippen LogP contribution >= 0.6 is 0 Å². The summed E-state index contributed by atoms with van der Waals surface area (Å²) in [6, 6.07) is 0. The largest absolute Gasteiger partial charge is 0.330 e. The zero-order valence-electron chi connectivity index (χ0n) is 6.90. The van der Waals surface area contributed by atoms with Gasteiger partial charge >= 0.3 is 0 Å². The van der Waals surface area contributed by atoms with Crippen molar-refractivity contribution in [1.82, 2.24) is 15.2 Å². The van der Waals surface area contributed by atoms with E-state index in [9.17, 15) is 0 Å². The molecule has 1 aliphatic carbocycles. The van der Waals surface area contributed by atoms with Crippen molar-refractivity contribution in [1.29, 1.82) is 0 Å². The molecule has 1 aromatic heterocycles. The molecule has 1 saturated carbocycles. The molecule has 1 heterocycles. The van der Waals surface area contributed by atoms with Crippen molar-refractivity contribution in [3.05, 3.63) is 17.7 Å². The zero-order valence-corrected chi connectivity index (χ0v) is 6.90. The summed E-state index contributed by atoms with van der Waals surface area (Å²) in [5, 5.41) is 7.79. The van der Waals surface area contributed by atoms with E-state index in [-0.39, 0.29) is 0 Å². The van der Waals surface area contributed by atoms with Crippen LogP contribution in [0.25, 0.3) is 0 Å². The molecule has 1 fully saturated rings. The molecule has 0 saturated heterocycles. The third-order valence-corrected chi connectivity index (χ3v) is 1.98. The third-order valence-electron chi connectivity index (χ3n) is 1.98. The van der Waals surface area contributed by atoms with Gasteiger partial charge in [-0.05, 0) is 19.4 Å². The third kappa shape index (κ3) is 1.58. The van der Waals surface area contributed by atoms with Crippen molar-refractivity contribution >= 4 is 0 Å². The minimum absolute atomic E-state index is 0.593.